The van der Waals surface area contributed by atoms with Gasteiger partial charge in [0.05, 0.1) is 13.1 Å². The fraction of sp³-hybridized carbons (Fsp3) is 0.538. The van der Waals surface area contributed by atoms with Crippen LogP contribution in [0.2, 0.25) is 0 Å². The van der Waals surface area contributed by atoms with Crippen molar-refractivity contribution in [1.29, 1.82) is 0 Å². The van der Waals surface area contributed by atoms with E-state index < -0.39 is 0 Å². The summed E-state index contributed by atoms with van der Waals surface area (Å²) in [4.78, 5) is 1.76. The summed E-state index contributed by atoms with van der Waals surface area (Å²) >= 11 is 0. The van der Waals surface area contributed by atoms with Gasteiger partial charge in [0, 0.05) is 5.56 Å². The summed E-state index contributed by atoms with van der Waals surface area (Å²) in [5.41, 5.74) is 2.86. The van der Waals surface area contributed by atoms with Crippen molar-refractivity contribution in [1.82, 2.24) is 0 Å². The second-order valence-corrected chi connectivity index (χ2v) is 4.47. The van der Waals surface area contributed by atoms with Crippen LogP contribution < -0.4 is 4.90 Å². The van der Waals surface area contributed by atoms with Crippen LogP contribution in [-0.2, 0) is 6.54 Å². The number of nitrogens with one attached hydrogen (secondary N) is 1. The molecule has 1 heterocycles. The monoisotopic (exact) mass is 190 g/mol. The topological polar surface area (TPSA) is 4.44 Å². The second-order valence-electron chi connectivity index (χ2n) is 4.47. The maximum atomic E-state index is 2.27. The van der Waals surface area contributed by atoms with Crippen LogP contribution in [0.4, 0.5) is 0 Å². The lowest BCUT2D eigenvalue weighted by atomic mass is 10.1. The highest BCUT2D eigenvalue weighted by atomic mass is 15.1. The number of piperidine rings is 1. The molecule has 1 aromatic carbocycles. The third-order valence-corrected chi connectivity index (χ3v) is 3.14. The summed E-state index contributed by atoms with van der Waals surface area (Å²) in [6.45, 7) is 6.11. The molecule has 76 valence electrons. The summed E-state index contributed by atoms with van der Waals surface area (Å²) < 4.78 is 0. The molecule has 1 aliphatic heterocycles. The maximum absolute atomic E-state index is 2.27. The Hall–Kier alpha value is -0.820. The predicted octanol–water partition coefficient (Wildman–Crippen LogP) is 1.56. The Morgan fingerprint density at radius 1 is 1.00 bits per heavy atom. The lowest BCUT2D eigenvalue weighted by Gasteiger charge is -2.23. The van der Waals surface area contributed by atoms with Crippen LogP contribution in [0.3, 0.4) is 0 Å². The minimum Gasteiger partial charge on any atom is -0.331 e. The molecule has 0 bridgehead atoms. The summed E-state index contributed by atoms with van der Waals surface area (Å²) in [6, 6.07) is 8.99. The van der Waals surface area contributed by atoms with Gasteiger partial charge in [0.1, 0.15) is 6.54 Å². The number of benzene rings is 1. The van der Waals surface area contributed by atoms with Crippen LogP contribution in [0.1, 0.15) is 30.4 Å². The third kappa shape index (κ3) is 2.58. The molecule has 0 radical (unpaired) electrons. The van der Waals surface area contributed by atoms with E-state index in [1.807, 2.05) is 0 Å². The number of hydrogen-bond acceptors (Lipinski definition) is 0. The van der Waals surface area contributed by atoms with Gasteiger partial charge in [0.2, 0.25) is 0 Å². The van der Waals surface area contributed by atoms with Crippen LogP contribution in [-0.4, -0.2) is 13.1 Å². The molecule has 2 rings (SSSR count). The molecule has 1 saturated heterocycles. The van der Waals surface area contributed by atoms with Gasteiger partial charge < -0.3 is 4.90 Å². The second kappa shape index (κ2) is 4.61. The molecule has 14 heavy (non-hydrogen) atoms. The smallest absolute Gasteiger partial charge is 0.103 e. The molecule has 0 saturated carbocycles. The van der Waals surface area contributed by atoms with E-state index in [1.165, 1.54) is 50.0 Å². The highest BCUT2D eigenvalue weighted by Crippen LogP contribution is 2.02. The lowest BCUT2D eigenvalue weighted by Crippen LogP contribution is -3.11. The van der Waals surface area contributed by atoms with Crippen LogP contribution in [0, 0.1) is 6.92 Å². The van der Waals surface area contributed by atoms with E-state index in [0.717, 1.165) is 0 Å². The predicted molar refractivity (Wildman–Crippen MR) is 59.4 cm³/mol. The summed E-state index contributed by atoms with van der Waals surface area (Å²) in [6.07, 6.45) is 4.28. The Morgan fingerprint density at radius 2 is 1.64 bits per heavy atom. The molecular formula is C13H20N+. The summed E-state index contributed by atoms with van der Waals surface area (Å²) in [5, 5.41) is 0. The van der Waals surface area contributed by atoms with Gasteiger partial charge in [-0.3, -0.25) is 0 Å². The Kier molecular flexibility index (Phi) is 3.20. The highest BCUT2D eigenvalue weighted by Gasteiger charge is 2.13. The van der Waals surface area contributed by atoms with Gasteiger partial charge in [0.25, 0.3) is 0 Å². The van der Waals surface area contributed by atoms with Crippen molar-refractivity contribution in [3.05, 3.63) is 35.4 Å². The average Bonchev–Trinajstić information content (AvgIpc) is 2.23. The molecule has 1 fully saturated rings. The first-order valence-electron chi connectivity index (χ1n) is 5.74. The van der Waals surface area contributed by atoms with Crippen molar-refractivity contribution in [2.24, 2.45) is 0 Å². The quantitative estimate of drug-likeness (QED) is 0.722. The van der Waals surface area contributed by atoms with E-state index >= 15 is 0 Å². The zero-order valence-electron chi connectivity index (χ0n) is 9.05. The lowest BCUT2D eigenvalue weighted by molar-refractivity contribution is -0.918. The highest BCUT2D eigenvalue weighted by molar-refractivity contribution is 5.20. The van der Waals surface area contributed by atoms with Gasteiger partial charge in [-0.25, -0.2) is 0 Å². The number of rotatable bonds is 2. The maximum Gasteiger partial charge on any atom is 0.103 e. The molecule has 0 atom stereocenters. The molecular weight excluding hydrogens is 170 g/mol. The number of aryl methyl sites for hydroxylation is 1. The molecule has 1 N–H and O–H groups in total. The standard InChI is InChI=1S/C13H19N/c1-12-5-7-13(8-6-12)11-14-9-3-2-4-10-14/h5-8H,2-4,9-11H2,1H3/p+1. The molecule has 0 aromatic heterocycles. The van der Waals surface area contributed by atoms with Gasteiger partial charge in [-0.2, -0.15) is 0 Å². The molecule has 0 amide bonds. The van der Waals surface area contributed by atoms with Gasteiger partial charge in [-0.15, -0.1) is 0 Å². The molecule has 0 unspecified atom stereocenters. The van der Waals surface area contributed by atoms with Crippen LogP contribution in [0.5, 0.6) is 0 Å². The molecule has 1 heteroatoms. The summed E-state index contributed by atoms with van der Waals surface area (Å²) in [5.74, 6) is 0. The van der Waals surface area contributed by atoms with Crippen molar-refractivity contribution in [2.45, 2.75) is 32.7 Å². The zero-order chi connectivity index (χ0) is 9.80. The number of quaternary nitrogens is 1. The molecule has 0 spiro atoms. The Morgan fingerprint density at radius 3 is 2.29 bits per heavy atom. The first-order valence-corrected chi connectivity index (χ1v) is 5.74. The van der Waals surface area contributed by atoms with Crippen molar-refractivity contribution in [2.75, 3.05) is 13.1 Å². The normalized spacial score (nSPS) is 18.4. The first-order chi connectivity index (χ1) is 6.84. The van der Waals surface area contributed by atoms with Gasteiger partial charge in [0.15, 0.2) is 0 Å². The van der Waals surface area contributed by atoms with Gasteiger partial charge >= 0.3 is 0 Å². The average molecular weight is 190 g/mol. The van der Waals surface area contributed by atoms with E-state index in [-0.39, 0.29) is 0 Å². The van der Waals surface area contributed by atoms with E-state index in [2.05, 4.69) is 31.2 Å². The molecule has 1 aliphatic rings. The first kappa shape index (κ1) is 9.72. The van der Waals surface area contributed by atoms with E-state index in [9.17, 15) is 0 Å². The molecule has 1 aromatic rings. The van der Waals surface area contributed by atoms with Crippen LogP contribution in [0.25, 0.3) is 0 Å². The van der Waals surface area contributed by atoms with Crippen molar-refractivity contribution < 1.29 is 4.90 Å². The number of likely N-dealkylation sites (tertiary alicyclic amines) is 1. The van der Waals surface area contributed by atoms with E-state index in [0.29, 0.717) is 0 Å². The SMILES string of the molecule is Cc1ccc(C[NH+]2CCCCC2)cc1. The van der Waals surface area contributed by atoms with Crippen LogP contribution in [0.15, 0.2) is 24.3 Å². The van der Waals surface area contributed by atoms with Gasteiger partial charge in [-0.1, -0.05) is 29.8 Å². The zero-order valence-corrected chi connectivity index (χ0v) is 9.05. The van der Waals surface area contributed by atoms with Crippen molar-refractivity contribution in [3.63, 3.8) is 0 Å². The van der Waals surface area contributed by atoms with Gasteiger partial charge in [-0.05, 0) is 26.2 Å². The Balaban J connectivity index is 1.92. The van der Waals surface area contributed by atoms with E-state index in [4.69, 9.17) is 0 Å². The van der Waals surface area contributed by atoms with Crippen molar-refractivity contribution >= 4 is 0 Å². The van der Waals surface area contributed by atoms with Crippen LogP contribution >= 0.6 is 0 Å². The van der Waals surface area contributed by atoms with Crippen molar-refractivity contribution in [3.8, 4) is 0 Å². The minimum atomic E-state index is 1.22. The largest absolute Gasteiger partial charge is 0.331 e. The van der Waals surface area contributed by atoms with E-state index in [1.54, 1.807) is 4.90 Å². The fourth-order valence-corrected chi connectivity index (χ4v) is 2.22. The number of hydrogen-bond donors (Lipinski definition) is 1. The third-order valence-electron chi connectivity index (χ3n) is 3.14. The molecule has 0 aliphatic carbocycles. The molecule has 1 nitrogen and oxygen atoms in total. The Bertz CT molecular complexity index is 270. The summed E-state index contributed by atoms with van der Waals surface area (Å²) in [7, 11) is 0. The Labute approximate surface area is 86.7 Å². The minimum absolute atomic E-state index is 1.22. The fourth-order valence-electron chi connectivity index (χ4n) is 2.22.